The number of nitrogens with zero attached hydrogens (tertiary/aromatic N) is 2. The molecule has 0 unspecified atom stereocenters. The molecule has 114 valence electrons. The van der Waals surface area contributed by atoms with Gasteiger partial charge < -0.3 is 9.73 Å². The van der Waals surface area contributed by atoms with Gasteiger partial charge >= 0.3 is 0 Å². The summed E-state index contributed by atoms with van der Waals surface area (Å²) >= 11 is 1.41. The molecular formula is C16H17N3O2S. The van der Waals surface area contributed by atoms with Crippen LogP contribution in [0.4, 0.5) is 0 Å². The van der Waals surface area contributed by atoms with E-state index in [9.17, 15) is 4.79 Å². The lowest BCUT2D eigenvalue weighted by Crippen LogP contribution is -2.22. The van der Waals surface area contributed by atoms with Crippen LogP contribution in [0.15, 0.2) is 34.3 Å². The van der Waals surface area contributed by atoms with Crippen molar-refractivity contribution < 1.29 is 9.21 Å². The molecule has 22 heavy (non-hydrogen) atoms. The first-order valence-corrected chi connectivity index (χ1v) is 7.84. The Hall–Kier alpha value is -2.34. The van der Waals surface area contributed by atoms with Gasteiger partial charge in [0.1, 0.15) is 5.76 Å². The minimum atomic E-state index is -0.0783. The Morgan fingerprint density at radius 3 is 2.91 bits per heavy atom. The van der Waals surface area contributed by atoms with Crippen LogP contribution < -0.4 is 5.32 Å². The Labute approximate surface area is 132 Å². The van der Waals surface area contributed by atoms with E-state index in [2.05, 4.69) is 10.4 Å². The second kappa shape index (κ2) is 5.81. The van der Waals surface area contributed by atoms with Gasteiger partial charge in [0.15, 0.2) is 0 Å². The number of carbonyl (C=O) groups excluding carboxylic acids is 1. The van der Waals surface area contributed by atoms with E-state index in [1.807, 2.05) is 49.2 Å². The number of aryl methyl sites for hydroxylation is 2. The summed E-state index contributed by atoms with van der Waals surface area (Å²) in [6, 6.07) is 5.56. The maximum Gasteiger partial charge on any atom is 0.261 e. The maximum atomic E-state index is 12.3. The topological polar surface area (TPSA) is 60.1 Å². The number of nitrogens with one attached hydrogen (secondary N) is 1. The third-order valence-corrected chi connectivity index (χ3v) is 4.64. The van der Waals surface area contributed by atoms with E-state index in [1.54, 1.807) is 6.26 Å². The predicted molar refractivity (Wildman–Crippen MR) is 85.9 cm³/mol. The van der Waals surface area contributed by atoms with Crippen molar-refractivity contribution in [1.82, 2.24) is 15.1 Å². The van der Waals surface area contributed by atoms with Crippen molar-refractivity contribution in [3.63, 3.8) is 0 Å². The molecule has 0 aromatic carbocycles. The first kappa shape index (κ1) is 14.6. The zero-order valence-electron chi connectivity index (χ0n) is 12.7. The SMILES string of the molecule is Cc1nn(C)c(C)c1CNC(=O)c1cc(-c2ccco2)cs1. The predicted octanol–water partition coefficient (Wildman–Crippen LogP) is 3.29. The fourth-order valence-electron chi connectivity index (χ4n) is 2.36. The van der Waals surface area contributed by atoms with Crippen LogP contribution >= 0.6 is 11.3 Å². The third kappa shape index (κ3) is 2.69. The van der Waals surface area contributed by atoms with Crippen LogP contribution in [-0.4, -0.2) is 15.7 Å². The summed E-state index contributed by atoms with van der Waals surface area (Å²) < 4.78 is 7.17. The minimum absolute atomic E-state index is 0.0783. The lowest BCUT2D eigenvalue weighted by molar-refractivity contribution is 0.0955. The summed E-state index contributed by atoms with van der Waals surface area (Å²) in [5.41, 5.74) is 4.01. The van der Waals surface area contributed by atoms with Crippen LogP contribution in [0.1, 0.15) is 26.6 Å². The quantitative estimate of drug-likeness (QED) is 0.803. The first-order valence-electron chi connectivity index (χ1n) is 6.96. The van der Waals surface area contributed by atoms with Gasteiger partial charge in [0, 0.05) is 35.8 Å². The fourth-order valence-corrected chi connectivity index (χ4v) is 3.17. The molecule has 6 heteroatoms. The third-order valence-electron chi connectivity index (χ3n) is 3.71. The summed E-state index contributed by atoms with van der Waals surface area (Å²) in [6.45, 7) is 4.44. The van der Waals surface area contributed by atoms with E-state index in [0.29, 0.717) is 11.4 Å². The Balaban J connectivity index is 1.70. The highest BCUT2D eigenvalue weighted by Gasteiger charge is 2.14. The molecule has 0 fully saturated rings. The lowest BCUT2D eigenvalue weighted by Gasteiger charge is -2.04. The highest BCUT2D eigenvalue weighted by Crippen LogP contribution is 2.26. The van der Waals surface area contributed by atoms with Gasteiger partial charge in [-0.2, -0.15) is 5.10 Å². The van der Waals surface area contributed by atoms with Crippen LogP contribution in [-0.2, 0) is 13.6 Å². The Kier molecular flexibility index (Phi) is 3.85. The Morgan fingerprint density at radius 2 is 2.27 bits per heavy atom. The number of furan rings is 1. The van der Waals surface area contributed by atoms with E-state index in [0.717, 1.165) is 28.3 Å². The van der Waals surface area contributed by atoms with Crippen molar-refractivity contribution in [2.24, 2.45) is 7.05 Å². The smallest absolute Gasteiger partial charge is 0.261 e. The van der Waals surface area contributed by atoms with Crippen LogP contribution in [0.3, 0.4) is 0 Å². The van der Waals surface area contributed by atoms with E-state index < -0.39 is 0 Å². The van der Waals surface area contributed by atoms with Crippen molar-refractivity contribution in [2.45, 2.75) is 20.4 Å². The fraction of sp³-hybridized carbons (Fsp3) is 0.250. The van der Waals surface area contributed by atoms with Gasteiger partial charge in [-0.1, -0.05) is 0 Å². The van der Waals surface area contributed by atoms with Crippen molar-refractivity contribution >= 4 is 17.2 Å². The van der Waals surface area contributed by atoms with Gasteiger partial charge in [-0.25, -0.2) is 0 Å². The molecule has 0 aliphatic rings. The molecule has 0 radical (unpaired) electrons. The summed E-state index contributed by atoms with van der Waals surface area (Å²) in [5.74, 6) is 0.694. The molecule has 0 spiro atoms. The second-order valence-electron chi connectivity index (χ2n) is 5.13. The van der Waals surface area contributed by atoms with E-state index >= 15 is 0 Å². The van der Waals surface area contributed by atoms with Gasteiger partial charge in [0.25, 0.3) is 5.91 Å². The van der Waals surface area contributed by atoms with Gasteiger partial charge in [0.2, 0.25) is 0 Å². The summed E-state index contributed by atoms with van der Waals surface area (Å²) in [7, 11) is 1.91. The average molecular weight is 315 g/mol. The van der Waals surface area contributed by atoms with Gasteiger partial charge in [-0.15, -0.1) is 11.3 Å². The molecule has 0 bridgehead atoms. The van der Waals surface area contributed by atoms with Crippen molar-refractivity contribution in [3.05, 3.63) is 51.7 Å². The molecule has 0 saturated carbocycles. The van der Waals surface area contributed by atoms with E-state index in [1.165, 1.54) is 11.3 Å². The highest BCUT2D eigenvalue weighted by atomic mass is 32.1. The van der Waals surface area contributed by atoms with Crippen LogP contribution in [0.2, 0.25) is 0 Å². The molecule has 0 aliphatic carbocycles. The molecule has 0 atom stereocenters. The molecule has 1 N–H and O–H groups in total. The molecule has 3 rings (SSSR count). The molecular weight excluding hydrogens is 298 g/mol. The van der Waals surface area contributed by atoms with Crippen molar-refractivity contribution in [3.8, 4) is 11.3 Å². The minimum Gasteiger partial charge on any atom is -0.464 e. The number of thiophene rings is 1. The highest BCUT2D eigenvalue weighted by molar-refractivity contribution is 7.12. The zero-order valence-corrected chi connectivity index (χ0v) is 13.5. The number of amides is 1. The molecule has 0 aliphatic heterocycles. The summed E-state index contributed by atoms with van der Waals surface area (Å²) in [5, 5.41) is 9.24. The number of rotatable bonds is 4. The van der Waals surface area contributed by atoms with Crippen molar-refractivity contribution in [1.29, 1.82) is 0 Å². The first-order chi connectivity index (χ1) is 10.6. The van der Waals surface area contributed by atoms with Crippen LogP contribution in [0.25, 0.3) is 11.3 Å². The van der Waals surface area contributed by atoms with Crippen LogP contribution in [0, 0.1) is 13.8 Å². The van der Waals surface area contributed by atoms with Gasteiger partial charge in [0.05, 0.1) is 16.8 Å². The zero-order chi connectivity index (χ0) is 15.7. The lowest BCUT2D eigenvalue weighted by atomic mass is 10.2. The molecule has 3 heterocycles. The average Bonchev–Trinajstić information content (AvgIpc) is 3.20. The molecule has 0 saturated heterocycles. The molecule has 1 amide bonds. The number of aromatic nitrogens is 2. The maximum absolute atomic E-state index is 12.3. The van der Waals surface area contributed by atoms with Crippen LogP contribution in [0.5, 0.6) is 0 Å². The van der Waals surface area contributed by atoms with E-state index in [4.69, 9.17) is 4.42 Å². The number of hydrogen-bond donors (Lipinski definition) is 1. The molecule has 3 aromatic rings. The molecule has 5 nitrogen and oxygen atoms in total. The monoisotopic (exact) mass is 315 g/mol. The summed E-state index contributed by atoms with van der Waals surface area (Å²) in [4.78, 5) is 12.9. The molecule has 3 aromatic heterocycles. The second-order valence-corrected chi connectivity index (χ2v) is 6.04. The largest absolute Gasteiger partial charge is 0.464 e. The standard InChI is InChI=1S/C16H17N3O2S/c1-10-13(11(2)19(3)18-10)8-17-16(20)15-7-12(9-22-15)14-5-4-6-21-14/h4-7,9H,8H2,1-3H3,(H,17,20). The Bertz CT molecular complexity index is 800. The Morgan fingerprint density at radius 1 is 1.45 bits per heavy atom. The normalized spacial score (nSPS) is 10.9. The number of hydrogen-bond acceptors (Lipinski definition) is 4. The van der Waals surface area contributed by atoms with Crippen molar-refractivity contribution in [2.75, 3.05) is 0 Å². The number of carbonyl (C=O) groups is 1. The summed E-state index contributed by atoms with van der Waals surface area (Å²) in [6.07, 6.45) is 1.63. The van der Waals surface area contributed by atoms with Gasteiger partial charge in [-0.3, -0.25) is 9.48 Å². The van der Waals surface area contributed by atoms with E-state index in [-0.39, 0.29) is 5.91 Å². The van der Waals surface area contributed by atoms with Gasteiger partial charge in [-0.05, 0) is 32.0 Å².